The molecule has 196 valence electrons. The van der Waals surface area contributed by atoms with Crippen molar-refractivity contribution in [1.82, 2.24) is 9.61 Å². The van der Waals surface area contributed by atoms with Crippen LogP contribution in [0.25, 0.3) is 5.52 Å². The maximum Gasteiger partial charge on any atom is 0.498 e. The van der Waals surface area contributed by atoms with Crippen LogP contribution in [0.4, 0.5) is 0 Å². The molecular weight excluding hydrogens is 457 g/mol. The molecule has 0 aliphatic carbocycles. The van der Waals surface area contributed by atoms with E-state index in [4.69, 9.17) is 27.9 Å². The Hall–Kier alpha value is -1.36. The minimum atomic E-state index is -0.476. The number of fused-ring (bicyclic) bond motifs is 1. The van der Waals surface area contributed by atoms with Crippen LogP contribution in [0.2, 0.25) is 0 Å². The van der Waals surface area contributed by atoms with Crippen LogP contribution < -0.4 is 5.46 Å². The first-order valence-electron chi connectivity index (χ1n) is 12.8. The number of nitrogens with zero attached hydrogens (tertiary/aromatic N) is 2. The minimum Gasteiger partial charge on any atom is -0.405 e. The topological polar surface area (TPSA) is 72.7 Å². The summed E-state index contributed by atoms with van der Waals surface area (Å²) in [4.78, 5) is 0. The molecule has 8 nitrogen and oxygen atoms in total. The Labute approximate surface area is 217 Å². The molecule has 0 amide bonds. The molecule has 5 rings (SSSR count). The molecule has 3 aliphatic rings. The Morgan fingerprint density at radius 1 is 0.583 bits per heavy atom. The number of hydrogen-bond donors (Lipinski definition) is 0. The average Bonchev–Trinajstić information content (AvgIpc) is 3.36. The third-order valence-corrected chi connectivity index (χ3v) is 8.73. The number of rotatable bonds is 2. The monoisotopic (exact) mass is 498 g/mol. The second kappa shape index (κ2) is 8.58. The Morgan fingerprint density at radius 3 is 1.39 bits per heavy atom. The normalized spacial score (nSPS) is 26.8. The van der Waals surface area contributed by atoms with Gasteiger partial charge in [0.2, 0.25) is 0 Å². The van der Waals surface area contributed by atoms with Crippen LogP contribution >= 0.6 is 0 Å². The van der Waals surface area contributed by atoms with Crippen molar-refractivity contribution < 1.29 is 27.9 Å². The summed E-state index contributed by atoms with van der Waals surface area (Å²) < 4.78 is 37.8. The van der Waals surface area contributed by atoms with Gasteiger partial charge in [-0.1, -0.05) is 6.07 Å². The molecule has 0 unspecified atom stereocenters. The summed E-state index contributed by atoms with van der Waals surface area (Å²) in [5.41, 5.74) is -0.0721. The Kier molecular flexibility index (Phi) is 6.60. The fourth-order valence-corrected chi connectivity index (χ4v) is 4.11. The van der Waals surface area contributed by atoms with Crippen LogP contribution in [0, 0.1) is 0 Å². The third kappa shape index (κ3) is 4.67. The first kappa shape index (κ1) is 27.7. The van der Waals surface area contributed by atoms with Crippen LogP contribution in [0.5, 0.6) is 0 Å². The van der Waals surface area contributed by atoms with Gasteiger partial charge >= 0.3 is 21.1 Å². The molecule has 2 aromatic heterocycles. The molecule has 0 bridgehead atoms. The van der Waals surface area contributed by atoms with Crippen molar-refractivity contribution in [3.63, 3.8) is 0 Å². The molecule has 0 atom stereocenters. The van der Waals surface area contributed by atoms with Gasteiger partial charge in [-0.3, -0.25) is 0 Å². The minimum absolute atomic E-state index is 0.319. The lowest BCUT2D eigenvalue weighted by Gasteiger charge is -2.32. The Morgan fingerprint density at radius 2 is 0.972 bits per heavy atom. The SMILES string of the molecule is CC1(C)OB(B2OC(C)(C)C(C)(C)O2)OC1(C)C.CC1(C)OB(c2cnn3ccccc23)OC1(C)C. The first-order valence-corrected chi connectivity index (χ1v) is 12.8. The van der Waals surface area contributed by atoms with Crippen molar-refractivity contribution in [2.45, 2.75) is 117 Å². The van der Waals surface area contributed by atoms with Gasteiger partial charge in [-0.25, -0.2) is 4.52 Å². The fraction of sp³-hybridized carbons (Fsp3) is 0.720. The first-order chi connectivity index (χ1) is 16.3. The summed E-state index contributed by atoms with van der Waals surface area (Å²) in [7, 11) is -1.30. The number of hydrogen-bond acceptors (Lipinski definition) is 7. The maximum atomic E-state index is 6.04. The molecule has 0 N–H and O–H groups in total. The zero-order valence-corrected chi connectivity index (χ0v) is 24.0. The van der Waals surface area contributed by atoms with Gasteiger partial charge in [0.05, 0.1) is 39.1 Å². The molecule has 0 spiro atoms. The third-order valence-electron chi connectivity index (χ3n) is 8.73. The summed E-state index contributed by atoms with van der Waals surface area (Å²) in [6.07, 6.45) is 3.74. The predicted octanol–water partition coefficient (Wildman–Crippen LogP) is 3.88. The fourth-order valence-electron chi connectivity index (χ4n) is 4.11. The van der Waals surface area contributed by atoms with E-state index in [-0.39, 0.29) is 40.7 Å². The molecule has 3 saturated heterocycles. The van der Waals surface area contributed by atoms with Crippen molar-refractivity contribution in [3.05, 3.63) is 30.6 Å². The lowest BCUT2D eigenvalue weighted by atomic mass is 9.49. The van der Waals surface area contributed by atoms with E-state index in [0.29, 0.717) is 0 Å². The Balaban J connectivity index is 0.000000169. The van der Waals surface area contributed by atoms with Crippen molar-refractivity contribution >= 4 is 32.1 Å². The summed E-state index contributed by atoms with van der Waals surface area (Å²) in [6.45, 7) is 24.4. The van der Waals surface area contributed by atoms with Crippen LogP contribution in [0.1, 0.15) is 83.1 Å². The van der Waals surface area contributed by atoms with Crippen LogP contribution in [0.3, 0.4) is 0 Å². The Bertz CT molecular complexity index is 1030. The van der Waals surface area contributed by atoms with Crippen molar-refractivity contribution in [3.8, 4) is 0 Å². The molecule has 0 radical (unpaired) electrons. The van der Waals surface area contributed by atoms with Gasteiger partial charge in [0.25, 0.3) is 0 Å². The van der Waals surface area contributed by atoms with Gasteiger partial charge in [-0.05, 0) is 95.2 Å². The van der Waals surface area contributed by atoms with Gasteiger partial charge in [0.15, 0.2) is 0 Å². The van der Waals surface area contributed by atoms with Crippen LogP contribution in [0.15, 0.2) is 30.6 Å². The lowest BCUT2D eigenvalue weighted by Crippen LogP contribution is -2.41. The van der Waals surface area contributed by atoms with Crippen LogP contribution in [-0.4, -0.2) is 64.4 Å². The molecule has 3 aliphatic heterocycles. The molecule has 11 heteroatoms. The lowest BCUT2D eigenvalue weighted by molar-refractivity contribution is 0.00578. The van der Waals surface area contributed by atoms with Crippen molar-refractivity contribution in [1.29, 1.82) is 0 Å². The highest BCUT2D eigenvalue weighted by Crippen LogP contribution is 2.43. The van der Waals surface area contributed by atoms with E-state index in [9.17, 15) is 0 Å². The highest BCUT2D eigenvalue weighted by atomic mass is 16.7. The summed E-state index contributed by atoms with van der Waals surface area (Å²) in [6, 6.07) is 5.97. The zero-order chi connectivity index (χ0) is 26.9. The molecule has 0 aromatic carbocycles. The summed E-state index contributed by atoms with van der Waals surface area (Å²) in [5.74, 6) is 0. The van der Waals surface area contributed by atoms with E-state index in [1.54, 1.807) is 0 Å². The smallest absolute Gasteiger partial charge is 0.405 e. The quantitative estimate of drug-likeness (QED) is 0.583. The van der Waals surface area contributed by atoms with E-state index in [1.165, 1.54) is 0 Å². The predicted molar refractivity (Wildman–Crippen MR) is 143 cm³/mol. The van der Waals surface area contributed by atoms with Gasteiger partial charge in [0.1, 0.15) is 0 Å². The molecule has 3 fully saturated rings. The van der Waals surface area contributed by atoms with Gasteiger partial charge in [-0.15, -0.1) is 0 Å². The second-order valence-corrected chi connectivity index (χ2v) is 13.0. The maximum absolute atomic E-state index is 6.04. The van der Waals surface area contributed by atoms with Crippen LogP contribution in [-0.2, 0) is 27.9 Å². The van der Waals surface area contributed by atoms with Gasteiger partial charge in [-0.2, -0.15) is 5.10 Å². The summed E-state index contributed by atoms with van der Waals surface area (Å²) >= 11 is 0. The van der Waals surface area contributed by atoms with Gasteiger partial charge in [0, 0.05) is 17.9 Å². The second-order valence-electron chi connectivity index (χ2n) is 13.0. The zero-order valence-electron chi connectivity index (χ0n) is 24.0. The van der Waals surface area contributed by atoms with Crippen molar-refractivity contribution in [2.24, 2.45) is 0 Å². The standard InChI is InChI=1S/C13H17BN2O2.C12H24B2O4/c1-12(2)13(3,4)18-14(17-12)10-9-15-16-8-6-5-7-11(10)16;1-9(2)10(3,4)16-13(15-9)14-17-11(5,6)12(7,8)18-14/h5-9H,1-4H3;1-8H3. The van der Waals surface area contributed by atoms with E-state index in [2.05, 4.69) is 32.8 Å². The highest BCUT2D eigenvalue weighted by Gasteiger charge is 2.63. The molecular formula is C25H41B3N2O6. The van der Waals surface area contributed by atoms with E-state index in [0.717, 1.165) is 11.0 Å². The molecule has 5 heterocycles. The van der Waals surface area contributed by atoms with E-state index in [1.807, 2.05) is 90.5 Å². The average molecular weight is 498 g/mol. The van der Waals surface area contributed by atoms with E-state index >= 15 is 0 Å². The van der Waals surface area contributed by atoms with Crippen molar-refractivity contribution in [2.75, 3.05) is 0 Å². The number of aromatic nitrogens is 2. The highest BCUT2D eigenvalue weighted by molar-refractivity contribution is 7.11. The largest absolute Gasteiger partial charge is 0.498 e. The van der Waals surface area contributed by atoms with E-state index < -0.39 is 14.0 Å². The molecule has 0 saturated carbocycles. The molecule has 36 heavy (non-hydrogen) atoms. The number of pyridine rings is 1. The van der Waals surface area contributed by atoms with Gasteiger partial charge < -0.3 is 27.9 Å². The summed E-state index contributed by atoms with van der Waals surface area (Å²) in [5, 5.41) is 4.32. The molecule has 2 aromatic rings.